The maximum Gasteiger partial charge on any atom is 0.258 e. The summed E-state index contributed by atoms with van der Waals surface area (Å²) in [5, 5.41) is 12.2. The summed E-state index contributed by atoms with van der Waals surface area (Å²) in [6, 6.07) is 16.8. The van der Waals surface area contributed by atoms with Crippen molar-refractivity contribution in [2.45, 2.75) is 19.6 Å². The zero-order valence-electron chi connectivity index (χ0n) is 12.0. The molecular formula is C17H19NO3. The third-order valence-corrected chi connectivity index (χ3v) is 3.06. The van der Waals surface area contributed by atoms with Crippen molar-refractivity contribution in [3.05, 3.63) is 65.7 Å². The van der Waals surface area contributed by atoms with Crippen molar-refractivity contribution in [1.29, 1.82) is 0 Å². The summed E-state index contributed by atoms with van der Waals surface area (Å²) in [7, 11) is 0. The van der Waals surface area contributed by atoms with Crippen molar-refractivity contribution in [2.24, 2.45) is 0 Å². The quantitative estimate of drug-likeness (QED) is 0.857. The SMILES string of the molecule is CC(O)c1ccc(OCC(=O)NCc2ccccc2)cc1. The molecule has 0 spiro atoms. The smallest absolute Gasteiger partial charge is 0.258 e. The van der Waals surface area contributed by atoms with Gasteiger partial charge in [-0.2, -0.15) is 0 Å². The minimum absolute atomic E-state index is 0.0269. The van der Waals surface area contributed by atoms with Crippen molar-refractivity contribution in [2.75, 3.05) is 6.61 Å². The number of aliphatic hydroxyl groups is 1. The molecule has 2 rings (SSSR count). The average Bonchev–Trinajstić information content (AvgIpc) is 2.52. The van der Waals surface area contributed by atoms with Gasteiger partial charge in [0, 0.05) is 6.54 Å². The zero-order chi connectivity index (χ0) is 15.1. The van der Waals surface area contributed by atoms with Crippen LogP contribution in [0.25, 0.3) is 0 Å². The molecule has 0 aliphatic carbocycles. The fourth-order valence-electron chi connectivity index (χ4n) is 1.84. The van der Waals surface area contributed by atoms with Gasteiger partial charge in [-0.1, -0.05) is 42.5 Å². The molecule has 4 heteroatoms. The number of hydrogen-bond acceptors (Lipinski definition) is 3. The van der Waals surface area contributed by atoms with E-state index >= 15 is 0 Å². The zero-order valence-corrected chi connectivity index (χ0v) is 12.0. The fraction of sp³-hybridized carbons (Fsp3) is 0.235. The molecule has 110 valence electrons. The molecule has 2 N–H and O–H groups in total. The summed E-state index contributed by atoms with van der Waals surface area (Å²) in [5.41, 5.74) is 1.86. The molecule has 0 aliphatic heterocycles. The first-order chi connectivity index (χ1) is 10.1. The van der Waals surface area contributed by atoms with Crippen LogP contribution in [0.3, 0.4) is 0 Å². The molecule has 0 radical (unpaired) electrons. The number of ether oxygens (including phenoxy) is 1. The van der Waals surface area contributed by atoms with Crippen molar-refractivity contribution in [1.82, 2.24) is 5.32 Å². The van der Waals surface area contributed by atoms with E-state index in [2.05, 4.69) is 5.32 Å². The summed E-state index contributed by atoms with van der Waals surface area (Å²) >= 11 is 0. The number of benzene rings is 2. The van der Waals surface area contributed by atoms with Gasteiger partial charge in [0.25, 0.3) is 5.91 Å². The van der Waals surface area contributed by atoms with Gasteiger partial charge in [-0.15, -0.1) is 0 Å². The van der Waals surface area contributed by atoms with E-state index in [0.717, 1.165) is 11.1 Å². The first-order valence-electron chi connectivity index (χ1n) is 6.86. The molecule has 1 unspecified atom stereocenters. The van der Waals surface area contributed by atoms with Crippen molar-refractivity contribution >= 4 is 5.91 Å². The second kappa shape index (κ2) is 7.45. The molecule has 0 bridgehead atoms. The lowest BCUT2D eigenvalue weighted by Crippen LogP contribution is -2.28. The Bertz CT molecular complexity index is 564. The Morgan fingerprint density at radius 1 is 1.14 bits per heavy atom. The second-order valence-electron chi connectivity index (χ2n) is 4.80. The number of carbonyl (C=O) groups is 1. The highest BCUT2D eigenvalue weighted by atomic mass is 16.5. The van der Waals surface area contributed by atoms with E-state index in [-0.39, 0.29) is 12.5 Å². The summed E-state index contributed by atoms with van der Waals surface area (Å²) in [5.74, 6) is 0.438. The van der Waals surface area contributed by atoms with E-state index in [1.54, 1.807) is 31.2 Å². The number of amides is 1. The number of rotatable bonds is 6. The highest BCUT2D eigenvalue weighted by Crippen LogP contribution is 2.17. The van der Waals surface area contributed by atoms with Gasteiger partial charge in [0.15, 0.2) is 6.61 Å². The molecule has 2 aromatic carbocycles. The van der Waals surface area contributed by atoms with Crippen LogP contribution in [-0.2, 0) is 11.3 Å². The molecule has 0 aromatic heterocycles. The monoisotopic (exact) mass is 285 g/mol. The molecule has 21 heavy (non-hydrogen) atoms. The van der Waals surface area contributed by atoms with Crippen LogP contribution in [0.5, 0.6) is 5.75 Å². The maximum atomic E-state index is 11.7. The van der Waals surface area contributed by atoms with Gasteiger partial charge in [-0.25, -0.2) is 0 Å². The fourth-order valence-corrected chi connectivity index (χ4v) is 1.84. The van der Waals surface area contributed by atoms with Gasteiger partial charge in [0.05, 0.1) is 6.10 Å². The summed E-state index contributed by atoms with van der Waals surface area (Å²) in [4.78, 5) is 11.7. The molecule has 4 nitrogen and oxygen atoms in total. The largest absolute Gasteiger partial charge is 0.484 e. The Kier molecular flexibility index (Phi) is 5.35. The van der Waals surface area contributed by atoms with Gasteiger partial charge in [0.1, 0.15) is 5.75 Å². The van der Waals surface area contributed by atoms with E-state index < -0.39 is 6.10 Å². The van der Waals surface area contributed by atoms with Crippen LogP contribution in [0.4, 0.5) is 0 Å². The highest BCUT2D eigenvalue weighted by molar-refractivity contribution is 5.77. The van der Waals surface area contributed by atoms with E-state index in [4.69, 9.17) is 4.74 Å². The number of aliphatic hydroxyl groups excluding tert-OH is 1. The van der Waals surface area contributed by atoms with E-state index in [0.29, 0.717) is 12.3 Å². The van der Waals surface area contributed by atoms with Gasteiger partial charge < -0.3 is 15.2 Å². The minimum Gasteiger partial charge on any atom is -0.484 e. The lowest BCUT2D eigenvalue weighted by atomic mass is 10.1. The normalized spacial score (nSPS) is 11.7. The van der Waals surface area contributed by atoms with E-state index in [9.17, 15) is 9.90 Å². The van der Waals surface area contributed by atoms with Crippen LogP contribution in [0.1, 0.15) is 24.2 Å². The maximum absolute atomic E-state index is 11.7. The lowest BCUT2D eigenvalue weighted by Gasteiger charge is -2.09. The van der Waals surface area contributed by atoms with E-state index in [1.807, 2.05) is 30.3 Å². The Labute approximate surface area is 124 Å². The van der Waals surface area contributed by atoms with Crippen molar-refractivity contribution in [3.8, 4) is 5.75 Å². The molecule has 0 fully saturated rings. The van der Waals surface area contributed by atoms with Gasteiger partial charge in [-0.3, -0.25) is 4.79 Å². The standard InChI is InChI=1S/C17H19NO3/c1-13(19)15-7-9-16(10-8-15)21-12-17(20)18-11-14-5-3-2-4-6-14/h2-10,13,19H,11-12H2,1H3,(H,18,20). The third kappa shape index (κ3) is 4.93. The lowest BCUT2D eigenvalue weighted by molar-refractivity contribution is -0.123. The average molecular weight is 285 g/mol. The van der Waals surface area contributed by atoms with Crippen LogP contribution in [0.15, 0.2) is 54.6 Å². The van der Waals surface area contributed by atoms with Gasteiger partial charge >= 0.3 is 0 Å². The summed E-state index contributed by atoms with van der Waals surface area (Å²) in [6.07, 6.45) is -0.506. The number of nitrogens with one attached hydrogen (secondary N) is 1. The predicted molar refractivity (Wildman–Crippen MR) is 80.9 cm³/mol. The molecule has 1 atom stereocenters. The van der Waals surface area contributed by atoms with E-state index in [1.165, 1.54) is 0 Å². The first-order valence-corrected chi connectivity index (χ1v) is 6.86. The Morgan fingerprint density at radius 2 is 1.81 bits per heavy atom. The minimum atomic E-state index is -0.506. The second-order valence-corrected chi connectivity index (χ2v) is 4.80. The number of carbonyl (C=O) groups excluding carboxylic acids is 1. The molecule has 2 aromatic rings. The molecule has 0 saturated heterocycles. The summed E-state index contributed by atoms with van der Waals surface area (Å²) < 4.78 is 5.40. The van der Waals surface area contributed by atoms with Crippen LogP contribution < -0.4 is 10.1 Å². The summed E-state index contributed by atoms with van der Waals surface area (Å²) in [6.45, 7) is 2.16. The van der Waals surface area contributed by atoms with Crippen LogP contribution in [0, 0.1) is 0 Å². The Hall–Kier alpha value is -2.33. The van der Waals surface area contributed by atoms with Crippen LogP contribution in [0.2, 0.25) is 0 Å². The molecule has 0 aliphatic rings. The Balaban J connectivity index is 1.76. The first kappa shape index (κ1) is 15.1. The van der Waals surface area contributed by atoms with Crippen LogP contribution in [-0.4, -0.2) is 17.6 Å². The number of hydrogen-bond donors (Lipinski definition) is 2. The third-order valence-electron chi connectivity index (χ3n) is 3.06. The molecule has 0 saturated carbocycles. The van der Waals surface area contributed by atoms with Gasteiger partial charge in [-0.05, 0) is 30.2 Å². The van der Waals surface area contributed by atoms with Crippen LogP contribution >= 0.6 is 0 Å². The highest BCUT2D eigenvalue weighted by Gasteiger charge is 2.04. The molecule has 1 amide bonds. The topological polar surface area (TPSA) is 58.6 Å². The molecule has 0 heterocycles. The predicted octanol–water partition coefficient (Wildman–Crippen LogP) is 2.44. The van der Waals surface area contributed by atoms with Crippen molar-refractivity contribution in [3.63, 3.8) is 0 Å². The van der Waals surface area contributed by atoms with Crippen molar-refractivity contribution < 1.29 is 14.6 Å². The van der Waals surface area contributed by atoms with Gasteiger partial charge in [0.2, 0.25) is 0 Å². The Morgan fingerprint density at radius 3 is 2.43 bits per heavy atom. The molecular weight excluding hydrogens is 266 g/mol.